The summed E-state index contributed by atoms with van der Waals surface area (Å²) in [5.41, 5.74) is 0.870. The number of hydrogen-bond donors (Lipinski definition) is 0. The van der Waals surface area contributed by atoms with E-state index in [0.717, 1.165) is 16.3 Å². The Bertz CT molecular complexity index is 567. The molecular formula is C14H12O3. The molecule has 0 aromatic heterocycles. The lowest BCUT2D eigenvalue weighted by Gasteiger charge is -2.05. The minimum Gasteiger partial charge on any atom is -0.393 e. The van der Waals surface area contributed by atoms with Crippen molar-refractivity contribution in [2.24, 2.45) is 0 Å². The molecule has 0 unspecified atom stereocenters. The first-order chi connectivity index (χ1) is 8.16. The third kappa shape index (κ3) is 2.69. The lowest BCUT2D eigenvalue weighted by Crippen LogP contribution is -2.11. The second-order valence-electron chi connectivity index (χ2n) is 3.78. The predicted molar refractivity (Wildman–Crippen MR) is 64.4 cm³/mol. The van der Waals surface area contributed by atoms with Gasteiger partial charge in [0.25, 0.3) is 0 Å². The van der Waals surface area contributed by atoms with Crippen molar-refractivity contribution in [2.75, 3.05) is 0 Å². The maximum Gasteiger partial charge on any atom is 0.317 e. The predicted octanol–water partition coefficient (Wildman–Crippen LogP) is 2.47. The lowest BCUT2D eigenvalue weighted by atomic mass is 10.0. The Morgan fingerprint density at radius 2 is 1.76 bits per heavy atom. The quantitative estimate of drug-likeness (QED) is 0.585. The van der Waals surface area contributed by atoms with Gasteiger partial charge in [-0.1, -0.05) is 42.5 Å². The van der Waals surface area contributed by atoms with Crippen LogP contribution in [0.4, 0.5) is 0 Å². The van der Waals surface area contributed by atoms with Gasteiger partial charge in [-0.05, 0) is 16.3 Å². The fourth-order valence-electron chi connectivity index (χ4n) is 1.80. The van der Waals surface area contributed by atoms with Crippen LogP contribution >= 0.6 is 0 Å². The van der Waals surface area contributed by atoms with Crippen LogP contribution in [0.5, 0.6) is 0 Å². The van der Waals surface area contributed by atoms with Gasteiger partial charge in [0.1, 0.15) is 0 Å². The average Bonchev–Trinajstić information content (AvgIpc) is 2.28. The van der Waals surface area contributed by atoms with Crippen LogP contribution < -0.4 is 0 Å². The molecule has 0 bridgehead atoms. The Morgan fingerprint density at radius 3 is 2.53 bits per heavy atom. The second-order valence-corrected chi connectivity index (χ2v) is 3.78. The van der Waals surface area contributed by atoms with Crippen molar-refractivity contribution in [3.05, 3.63) is 48.0 Å². The van der Waals surface area contributed by atoms with Crippen molar-refractivity contribution in [3.8, 4) is 0 Å². The summed E-state index contributed by atoms with van der Waals surface area (Å²) in [7, 11) is 0. The zero-order valence-corrected chi connectivity index (χ0v) is 9.47. The summed E-state index contributed by atoms with van der Waals surface area (Å²) in [5.74, 6) is -1.09. The molecule has 0 amide bonds. The summed E-state index contributed by atoms with van der Waals surface area (Å²) < 4.78 is 4.53. The van der Waals surface area contributed by atoms with E-state index in [-0.39, 0.29) is 6.42 Å². The highest BCUT2D eigenvalue weighted by atomic mass is 16.6. The number of ether oxygens (including phenoxy) is 1. The number of hydrogen-bond acceptors (Lipinski definition) is 3. The highest BCUT2D eigenvalue weighted by Gasteiger charge is 2.09. The average molecular weight is 228 g/mol. The van der Waals surface area contributed by atoms with Crippen molar-refractivity contribution in [2.45, 2.75) is 13.3 Å². The SMILES string of the molecule is CC(=O)OC(=O)Cc1cccc2ccccc12. The van der Waals surface area contributed by atoms with E-state index < -0.39 is 11.9 Å². The van der Waals surface area contributed by atoms with Crippen LogP contribution in [0.25, 0.3) is 10.8 Å². The van der Waals surface area contributed by atoms with Gasteiger partial charge in [-0.25, -0.2) is 0 Å². The van der Waals surface area contributed by atoms with Gasteiger partial charge < -0.3 is 4.74 Å². The molecule has 0 aliphatic rings. The third-order valence-electron chi connectivity index (χ3n) is 2.47. The maximum absolute atomic E-state index is 11.4. The Kier molecular flexibility index (Phi) is 3.19. The monoisotopic (exact) mass is 228 g/mol. The number of esters is 2. The minimum absolute atomic E-state index is 0.112. The van der Waals surface area contributed by atoms with E-state index in [4.69, 9.17) is 0 Å². The van der Waals surface area contributed by atoms with Gasteiger partial charge in [-0.2, -0.15) is 0 Å². The topological polar surface area (TPSA) is 43.4 Å². The zero-order chi connectivity index (χ0) is 12.3. The van der Waals surface area contributed by atoms with E-state index in [2.05, 4.69) is 4.74 Å². The summed E-state index contributed by atoms with van der Waals surface area (Å²) in [6.07, 6.45) is 0.112. The molecule has 0 saturated heterocycles. The van der Waals surface area contributed by atoms with Crippen LogP contribution in [0.15, 0.2) is 42.5 Å². The van der Waals surface area contributed by atoms with Crippen LogP contribution in [0.1, 0.15) is 12.5 Å². The van der Waals surface area contributed by atoms with E-state index in [9.17, 15) is 9.59 Å². The third-order valence-corrected chi connectivity index (χ3v) is 2.47. The first-order valence-corrected chi connectivity index (χ1v) is 5.34. The Morgan fingerprint density at radius 1 is 1.06 bits per heavy atom. The molecule has 2 aromatic rings. The molecule has 0 fully saturated rings. The van der Waals surface area contributed by atoms with Crippen LogP contribution in [0, 0.1) is 0 Å². The van der Waals surface area contributed by atoms with Crippen molar-refractivity contribution >= 4 is 22.7 Å². The zero-order valence-electron chi connectivity index (χ0n) is 9.47. The molecular weight excluding hydrogens is 216 g/mol. The molecule has 2 rings (SSSR count). The first kappa shape index (κ1) is 11.3. The highest BCUT2D eigenvalue weighted by molar-refractivity contribution is 5.91. The normalized spacial score (nSPS) is 10.2. The molecule has 86 valence electrons. The van der Waals surface area contributed by atoms with Crippen LogP contribution in [-0.2, 0) is 20.7 Å². The van der Waals surface area contributed by atoms with Gasteiger partial charge in [0.05, 0.1) is 6.42 Å². The van der Waals surface area contributed by atoms with Crippen molar-refractivity contribution < 1.29 is 14.3 Å². The molecule has 0 aliphatic heterocycles. The van der Waals surface area contributed by atoms with E-state index in [1.165, 1.54) is 6.92 Å². The van der Waals surface area contributed by atoms with Gasteiger partial charge in [-0.15, -0.1) is 0 Å². The van der Waals surface area contributed by atoms with E-state index in [0.29, 0.717) is 0 Å². The lowest BCUT2D eigenvalue weighted by molar-refractivity contribution is -0.157. The van der Waals surface area contributed by atoms with Crippen LogP contribution in [0.3, 0.4) is 0 Å². The molecule has 0 radical (unpaired) electrons. The van der Waals surface area contributed by atoms with Crippen molar-refractivity contribution in [1.82, 2.24) is 0 Å². The van der Waals surface area contributed by atoms with E-state index in [1.54, 1.807) is 0 Å². The Balaban J connectivity index is 2.30. The van der Waals surface area contributed by atoms with Crippen molar-refractivity contribution in [1.29, 1.82) is 0 Å². The molecule has 0 spiro atoms. The molecule has 0 aliphatic carbocycles. The van der Waals surface area contributed by atoms with Crippen LogP contribution in [-0.4, -0.2) is 11.9 Å². The standard InChI is InChI=1S/C14H12O3/c1-10(15)17-14(16)9-12-7-4-6-11-5-2-3-8-13(11)12/h2-8H,9H2,1H3. The number of carbonyl (C=O) groups excluding carboxylic acids is 2. The highest BCUT2D eigenvalue weighted by Crippen LogP contribution is 2.19. The fraction of sp³-hybridized carbons (Fsp3) is 0.143. The second kappa shape index (κ2) is 4.78. The molecule has 0 atom stereocenters. The smallest absolute Gasteiger partial charge is 0.317 e. The summed E-state index contributed by atoms with van der Waals surface area (Å²) in [5, 5.41) is 2.08. The number of rotatable bonds is 2. The number of fused-ring (bicyclic) bond motifs is 1. The van der Waals surface area contributed by atoms with Crippen molar-refractivity contribution in [3.63, 3.8) is 0 Å². The largest absolute Gasteiger partial charge is 0.393 e. The van der Waals surface area contributed by atoms with E-state index in [1.807, 2.05) is 42.5 Å². The van der Waals surface area contributed by atoms with E-state index >= 15 is 0 Å². The molecule has 3 nitrogen and oxygen atoms in total. The van der Waals surface area contributed by atoms with Gasteiger partial charge in [0.2, 0.25) is 0 Å². The van der Waals surface area contributed by atoms with Gasteiger partial charge in [0, 0.05) is 6.92 Å². The molecule has 3 heteroatoms. The van der Waals surface area contributed by atoms with Gasteiger partial charge in [0.15, 0.2) is 0 Å². The van der Waals surface area contributed by atoms with Gasteiger partial charge >= 0.3 is 11.9 Å². The molecule has 17 heavy (non-hydrogen) atoms. The van der Waals surface area contributed by atoms with Gasteiger partial charge in [-0.3, -0.25) is 9.59 Å². The Hall–Kier alpha value is -2.16. The minimum atomic E-state index is -0.574. The summed E-state index contributed by atoms with van der Waals surface area (Å²) in [4.78, 5) is 22.1. The number of benzene rings is 2. The first-order valence-electron chi connectivity index (χ1n) is 5.34. The molecule has 0 N–H and O–H groups in total. The van der Waals surface area contributed by atoms with Crippen LogP contribution in [0.2, 0.25) is 0 Å². The summed E-state index contributed by atoms with van der Waals surface area (Å²) >= 11 is 0. The molecule has 0 heterocycles. The Labute approximate surface area is 99.0 Å². The fourth-order valence-corrected chi connectivity index (χ4v) is 1.80. The summed E-state index contributed by atoms with van der Waals surface area (Å²) in [6, 6.07) is 13.5. The molecule has 0 saturated carbocycles. The maximum atomic E-state index is 11.4. The summed E-state index contributed by atoms with van der Waals surface area (Å²) in [6.45, 7) is 1.22. The number of carbonyl (C=O) groups is 2. The molecule has 2 aromatic carbocycles.